The van der Waals surface area contributed by atoms with Crippen molar-refractivity contribution in [1.29, 1.82) is 0 Å². The van der Waals surface area contributed by atoms with Gasteiger partial charge in [0.2, 0.25) is 0 Å². The molecule has 0 radical (unpaired) electrons. The van der Waals surface area contributed by atoms with Crippen molar-refractivity contribution >= 4 is 22.7 Å². The molecule has 0 aromatic heterocycles. The van der Waals surface area contributed by atoms with Crippen molar-refractivity contribution in [2.45, 2.75) is 116 Å². The zero-order valence-corrected chi connectivity index (χ0v) is 34.5. The minimum absolute atomic E-state index is 0.377. The maximum atomic E-state index is 13.1. The van der Waals surface area contributed by atoms with Crippen LogP contribution >= 0.6 is 0 Å². The Morgan fingerprint density at radius 3 is 1.03 bits per heavy atom. The van der Waals surface area contributed by atoms with E-state index in [0.717, 1.165) is 63.2 Å². The van der Waals surface area contributed by atoms with Crippen LogP contribution in [0.1, 0.15) is 136 Å². The Bertz CT molecular complexity index is 1630. The van der Waals surface area contributed by atoms with Crippen LogP contribution < -0.4 is 18.9 Å². The molecule has 0 N–H and O–H groups in total. The molecule has 0 amide bonds. The average molecular weight is 793 g/mol. The lowest BCUT2D eigenvalue weighted by Crippen LogP contribution is -2.10. The maximum Gasteiger partial charge on any atom is 0.343 e. The van der Waals surface area contributed by atoms with Gasteiger partial charge in [0.25, 0.3) is 0 Å². The number of esters is 2. The SMILES string of the molecule is C=COCCCCCCCCCCCOc1ccc(C(=O)Oc2cccc3c(OC(=O)c4ccc(OCCCCCCCCCCCOC=C)cc4)cccc23)cc1. The van der Waals surface area contributed by atoms with Crippen LogP contribution in [0, 0.1) is 0 Å². The second-order valence-corrected chi connectivity index (χ2v) is 14.6. The molecule has 8 nitrogen and oxygen atoms in total. The van der Waals surface area contributed by atoms with E-state index in [1.165, 1.54) is 89.6 Å². The summed E-state index contributed by atoms with van der Waals surface area (Å²) < 4.78 is 33.8. The fourth-order valence-electron chi connectivity index (χ4n) is 6.72. The van der Waals surface area contributed by atoms with Crippen LogP contribution in [0.2, 0.25) is 0 Å². The van der Waals surface area contributed by atoms with Gasteiger partial charge in [0.15, 0.2) is 0 Å². The number of hydrogen-bond donors (Lipinski definition) is 0. The molecule has 0 aliphatic carbocycles. The van der Waals surface area contributed by atoms with E-state index in [4.69, 9.17) is 28.4 Å². The molecule has 4 aromatic rings. The molecular weight excluding hydrogens is 729 g/mol. The highest BCUT2D eigenvalue weighted by Gasteiger charge is 2.16. The van der Waals surface area contributed by atoms with Gasteiger partial charge in [0.1, 0.15) is 23.0 Å². The molecule has 58 heavy (non-hydrogen) atoms. The molecule has 0 heterocycles. The Morgan fingerprint density at radius 1 is 0.397 bits per heavy atom. The average Bonchev–Trinajstić information content (AvgIpc) is 3.25. The summed E-state index contributed by atoms with van der Waals surface area (Å²) in [5.74, 6) is 1.23. The van der Waals surface area contributed by atoms with Crippen molar-refractivity contribution in [3.63, 3.8) is 0 Å². The molecule has 0 fully saturated rings. The second-order valence-electron chi connectivity index (χ2n) is 14.6. The summed E-state index contributed by atoms with van der Waals surface area (Å²) in [4.78, 5) is 26.3. The monoisotopic (exact) mass is 792 g/mol. The van der Waals surface area contributed by atoms with E-state index in [9.17, 15) is 9.59 Å². The zero-order chi connectivity index (χ0) is 40.9. The fraction of sp³-hybridized carbons (Fsp3) is 0.440. The Balaban J connectivity index is 1.14. The van der Waals surface area contributed by atoms with Crippen LogP contribution in [0.3, 0.4) is 0 Å². The van der Waals surface area contributed by atoms with Gasteiger partial charge in [-0.15, -0.1) is 0 Å². The van der Waals surface area contributed by atoms with Gasteiger partial charge in [-0.3, -0.25) is 0 Å². The number of fused-ring (bicyclic) bond motifs is 1. The summed E-state index contributed by atoms with van der Waals surface area (Å²) in [6.45, 7) is 9.96. The lowest BCUT2D eigenvalue weighted by molar-refractivity contribution is 0.0725. The van der Waals surface area contributed by atoms with Crippen molar-refractivity contribution in [2.24, 2.45) is 0 Å². The molecule has 0 atom stereocenters. The van der Waals surface area contributed by atoms with Gasteiger partial charge in [-0.1, -0.05) is 127 Å². The maximum absolute atomic E-state index is 13.1. The van der Waals surface area contributed by atoms with Crippen molar-refractivity contribution in [3.8, 4) is 23.0 Å². The second kappa shape index (κ2) is 28.2. The van der Waals surface area contributed by atoms with Gasteiger partial charge < -0.3 is 28.4 Å². The number of carbonyl (C=O) groups excluding carboxylic acids is 2. The molecule has 0 aliphatic heterocycles. The zero-order valence-electron chi connectivity index (χ0n) is 34.5. The Kier molecular flexibility index (Phi) is 22.1. The van der Waals surface area contributed by atoms with Crippen LogP contribution in [0.5, 0.6) is 23.0 Å². The summed E-state index contributed by atoms with van der Waals surface area (Å²) in [6, 6.07) is 24.7. The molecule has 0 saturated carbocycles. The van der Waals surface area contributed by atoms with Crippen molar-refractivity contribution in [2.75, 3.05) is 26.4 Å². The number of rotatable bonds is 32. The van der Waals surface area contributed by atoms with Gasteiger partial charge in [-0.2, -0.15) is 0 Å². The number of benzene rings is 4. The summed E-state index contributed by atoms with van der Waals surface area (Å²) in [6.07, 6.45) is 24.5. The molecule has 0 bridgehead atoms. The Labute approximate surface area is 346 Å². The number of unbranched alkanes of at least 4 members (excludes halogenated alkanes) is 16. The molecule has 4 aromatic carbocycles. The van der Waals surface area contributed by atoms with E-state index in [1.807, 2.05) is 12.1 Å². The standard InChI is InChI=1S/C50H64O8/c1-3-53-37-19-15-11-7-5-9-13-17-21-39-55-43-33-29-41(30-34-43)49(51)57-47-27-23-26-46-45(47)25-24-28-48(46)58-50(52)42-31-35-44(36-32-42)56-40-22-18-14-10-6-8-12-16-20-38-54-4-2/h3-4,23-36H,1-2,5-22,37-40H2. The first-order chi connectivity index (χ1) is 28.6. The lowest BCUT2D eigenvalue weighted by Gasteiger charge is -2.12. The van der Waals surface area contributed by atoms with E-state index in [2.05, 4.69) is 13.2 Å². The number of ether oxygens (including phenoxy) is 6. The highest BCUT2D eigenvalue weighted by molar-refractivity contribution is 5.99. The first-order valence-corrected chi connectivity index (χ1v) is 21.5. The quantitative estimate of drug-likeness (QED) is 0.0209. The molecule has 8 heteroatoms. The van der Waals surface area contributed by atoms with Crippen LogP contribution in [-0.4, -0.2) is 38.4 Å². The third-order valence-corrected chi connectivity index (χ3v) is 10.0. The van der Waals surface area contributed by atoms with E-state index in [0.29, 0.717) is 46.6 Å². The summed E-state index contributed by atoms with van der Waals surface area (Å²) >= 11 is 0. The van der Waals surface area contributed by atoms with Crippen LogP contribution in [0.25, 0.3) is 10.8 Å². The molecule has 0 saturated heterocycles. The smallest absolute Gasteiger partial charge is 0.343 e. The normalized spacial score (nSPS) is 10.8. The molecule has 0 aliphatic rings. The number of carbonyl (C=O) groups is 2. The van der Waals surface area contributed by atoms with Crippen molar-refractivity contribution in [3.05, 3.63) is 122 Å². The third kappa shape index (κ3) is 17.5. The van der Waals surface area contributed by atoms with Crippen molar-refractivity contribution < 1.29 is 38.0 Å². The van der Waals surface area contributed by atoms with E-state index >= 15 is 0 Å². The van der Waals surface area contributed by atoms with Crippen molar-refractivity contribution in [1.82, 2.24) is 0 Å². The first kappa shape index (κ1) is 45.5. The van der Waals surface area contributed by atoms with E-state index < -0.39 is 11.9 Å². The van der Waals surface area contributed by atoms with Crippen LogP contribution in [0.15, 0.2) is 111 Å². The molecular formula is C50H64O8. The van der Waals surface area contributed by atoms with Gasteiger partial charge in [-0.25, -0.2) is 9.59 Å². The summed E-state index contributed by atoms with van der Waals surface area (Å²) in [7, 11) is 0. The van der Waals surface area contributed by atoms with Gasteiger partial charge in [0.05, 0.1) is 50.1 Å². The topological polar surface area (TPSA) is 89.5 Å². The van der Waals surface area contributed by atoms with E-state index in [-0.39, 0.29) is 0 Å². The lowest BCUT2D eigenvalue weighted by atomic mass is 10.1. The molecule has 0 spiro atoms. The predicted octanol–water partition coefficient (Wildman–Crippen LogP) is 13.4. The van der Waals surface area contributed by atoms with Gasteiger partial charge in [0, 0.05) is 10.8 Å². The minimum atomic E-state index is -0.484. The van der Waals surface area contributed by atoms with Crippen LogP contribution in [-0.2, 0) is 9.47 Å². The third-order valence-electron chi connectivity index (χ3n) is 10.0. The predicted molar refractivity (Wildman–Crippen MR) is 233 cm³/mol. The van der Waals surface area contributed by atoms with Gasteiger partial charge in [-0.05, 0) is 86.3 Å². The Morgan fingerprint density at radius 2 is 0.707 bits per heavy atom. The first-order valence-electron chi connectivity index (χ1n) is 21.5. The largest absolute Gasteiger partial charge is 0.502 e. The summed E-state index contributed by atoms with van der Waals surface area (Å²) in [5, 5.41) is 1.31. The van der Waals surface area contributed by atoms with E-state index in [1.54, 1.807) is 72.8 Å². The molecule has 0 unspecified atom stereocenters. The fourth-order valence-corrected chi connectivity index (χ4v) is 6.72. The minimum Gasteiger partial charge on any atom is -0.502 e. The number of hydrogen-bond acceptors (Lipinski definition) is 8. The Hall–Kier alpha value is -5.24. The van der Waals surface area contributed by atoms with Gasteiger partial charge >= 0.3 is 11.9 Å². The summed E-state index contributed by atoms with van der Waals surface area (Å²) in [5.41, 5.74) is 0.827. The molecule has 4 rings (SSSR count). The highest BCUT2D eigenvalue weighted by atomic mass is 16.5. The van der Waals surface area contributed by atoms with Crippen LogP contribution in [0.4, 0.5) is 0 Å². The molecule has 312 valence electrons. The highest BCUT2D eigenvalue weighted by Crippen LogP contribution is 2.33.